The molecule has 0 aliphatic heterocycles. The summed E-state index contributed by atoms with van der Waals surface area (Å²) < 4.78 is 28.1. The third kappa shape index (κ3) is 4.37. The molecule has 0 aromatic heterocycles. The van der Waals surface area contributed by atoms with Crippen molar-refractivity contribution >= 4 is 28.3 Å². The van der Waals surface area contributed by atoms with E-state index >= 15 is 0 Å². The maximum absolute atomic E-state index is 12.5. The Morgan fingerprint density at radius 3 is 2.35 bits per heavy atom. The van der Waals surface area contributed by atoms with Crippen molar-refractivity contribution in [2.45, 2.75) is 50.2 Å². The van der Waals surface area contributed by atoms with Gasteiger partial charge in [0.1, 0.15) is 5.54 Å². The van der Waals surface area contributed by atoms with Gasteiger partial charge in [0, 0.05) is 25.0 Å². The number of nitrogens with one attached hydrogen (secondary N) is 1. The average molecular weight is 406 g/mol. The molecule has 0 bridgehead atoms. The number of hydrogen-bond acceptors (Lipinski definition) is 5. The molecule has 9 heteroatoms. The van der Waals surface area contributed by atoms with Gasteiger partial charge in [-0.25, -0.2) is 13.6 Å². The lowest BCUT2D eigenvalue weighted by atomic mass is 9.54. The van der Waals surface area contributed by atoms with Crippen molar-refractivity contribution in [3.63, 3.8) is 0 Å². The van der Waals surface area contributed by atoms with Gasteiger partial charge >= 0.3 is 0 Å². The van der Waals surface area contributed by atoms with Crippen LogP contribution in [0.15, 0.2) is 29.2 Å². The fourth-order valence-corrected chi connectivity index (χ4v) is 3.66. The Labute approximate surface area is 161 Å². The summed E-state index contributed by atoms with van der Waals surface area (Å²) in [6, 6.07) is 6.28. The quantitative estimate of drug-likeness (QED) is 0.622. The molecule has 1 aliphatic carbocycles. The van der Waals surface area contributed by atoms with Gasteiger partial charge in [0.2, 0.25) is 15.9 Å². The summed E-state index contributed by atoms with van der Waals surface area (Å²) in [4.78, 5) is 12.6. The molecular formula is C17H28ClN3O4S. The zero-order valence-corrected chi connectivity index (χ0v) is 17.0. The number of ether oxygens (including phenoxy) is 1. The maximum atomic E-state index is 12.5. The molecule has 2 rings (SSSR count). The van der Waals surface area contributed by atoms with Gasteiger partial charge in [0.05, 0.1) is 11.0 Å². The zero-order valence-electron chi connectivity index (χ0n) is 15.3. The van der Waals surface area contributed by atoms with E-state index < -0.39 is 21.0 Å². The minimum Gasteiger partial charge on any atom is -0.378 e. The number of carbonyl (C=O) groups excluding carboxylic acids is 1. The van der Waals surface area contributed by atoms with E-state index in [1.807, 2.05) is 20.8 Å². The van der Waals surface area contributed by atoms with Crippen LogP contribution in [0, 0.1) is 5.41 Å². The summed E-state index contributed by atoms with van der Waals surface area (Å²) in [5.74, 6) is -0.186. The Morgan fingerprint density at radius 2 is 1.88 bits per heavy atom. The molecular weight excluding hydrogens is 378 g/mol. The van der Waals surface area contributed by atoms with Crippen molar-refractivity contribution in [1.29, 1.82) is 0 Å². The number of sulfonamides is 1. The van der Waals surface area contributed by atoms with Gasteiger partial charge in [-0.2, -0.15) is 0 Å². The molecule has 1 aromatic carbocycles. The first-order chi connectivity index (χ1) is 11.5. The van der Waals surface area contributed by atoms with Gasteiger partial charge < -0.3 is 15.8 Å². The van der Waals surface area contributed by atoms with Crippen LogP contribution in [0.4, 0.5) is 0 Å². The molecule has 0 spiro atoms. The monoisotopic (exact) mass is 405 g/mol. The molecule has 5 N–H and O–H groups in total. The van der Waals surface area contributed by atoms with E-state index in [2.05, 4.69) is 5.32 Å². The highest BCUT2D eigenvalue weighted by Crippen LogP contribution is 2.49. The summed E-state index contributed by atoms with van der Waals surface area (Å²) >= 11 is 0. The first-order valence-corrected chi connectivity index (χ1v) is 9.87. The summed E-state index contributed by atoms with van der Waals surface area (Å²) in [6.45, 7) is 6.83. The second-order valence-electron chi connectivity index (χ2n) is 7.04. The Morgan fingerprint density at radius 1 is 1.31 bits per heavy atom. The van der Waals surface area contributed by atoms with Crippen molar-refractivity contribution in [2.24, 2.45) is 16.3 Å². The van der Waals surface area contributed by atoms with Gasteiger partial charge in [-0.3, -0.25) is 4.79 Å². The van der Waals surface area contributed by atoms with Crippen LogP contribution in [0.5, 0.6) is 0 Å². The van der Waals surface area contributed by atoms with E-state index in [1.165, 1.54) is 12.1 Å². The third-order valence-corrected chi connectivity index (χ3v) is 6.12. The predicted molar refractivity (Wildman–Crippen MR) is 103 cm³/mol. The third-order valence-electron chi connectivity index (χ3n) is 5.19. The highest BCUT2D eigenvalue weighted by atomic mass is 35.5. The van der Waals surface area contributed by atoms with E-state index in [0.29, 0.717) is 26.0 Å². The maximum Gasteiger partial charge on any atom is 0.240 e. The van der Waals surface area contributed by atoms with Gasteiger partial charge in [0.25, 0.3) is 0 Å². The molecule has 1 amide bonds. The van der Waals surface area contributed by atoms with Crippen molar-refractivity contribution in [3.05, 3.63) is 29.8 Å². The van der Waals surface area contributed by atoms with Crippen LogP contribution < -0.4 is 16.2 Å². The number of nitrogens with two attached hydrogens (primary N) is 2. The minimum atomic E-state index is -3.69. The Kier molecular flexibility index (Phi) is 7.23. The van der Waals surface area contributed by atoms with E-state index in [1.54, 1.807) is 12.1 Å². The number of halogens is 1. The number of primary sulfonamides is 1. The normalized spacial score (nSPS) is 24.3. The molecule has 2 unspecified atom stereocenters. The second-order valence-corrected chi connectivity index (χ2v) is 8.60. The molecule has 0 saturated heterocycles. The first-order valence-electron chi connectivity index (χ1n) is 8.33. The number of benzene rings is 1. The lowest BCUT2D eigenvalue weighted by Crippen LogP contribution is -2.75. The van der Waals surface area contributed by atoms with Crippen LogP contribution in [-0.2, 0) is 26.0 Å². The number of carbonyl (C=O) groups is 1. The molecule has 1 fully saturated rings. The van der Waals surface area contributed by atoms with Crippen LogP contribution in [0.3, 0.4) is 0 Å². The molecule has 7 nitrogen and oxygen atoms in total. The fraction of sp³-hybridized carbons (Fsp3) is 0.588. The summed E-state index contributed by atoms with van der Waals surface area (Å²) in [5, 5.41) is 7.94. The average Bonchev–Trinajstić information content (AvgIpc) is 2.54. The number of rotatable bonds is 7. The van der Waals surface area contributed by atoms with Gasteiger partial charge in [-0.15, -0.1) is 12.4 Å². The molecule has 2 atom stereocenters. The van der Waals surface area contributed by atoms with E-state index in [9.17, 15) is 13.2 Å². The SMILES string of the molecule is CCOC1CC(N)(C(=O)NCCc2ccc(S(N)(=O)=O)cc2)C1(C)C.Cl. The largest absolute Gasteiger partial charge is 0.378 e. The molecule has 26 heavy (non-hydrogen) atoms. The van der Waals surface area contributed by atoms with Gasteiger partial charge in [-0.05, 0) is 31.0 Å². The molecule has 0 radical (unpaired) electrons. The second kappa shape index (κ2) is 8.22. The van der Waals surface area contributed by atoms with Crippen LogP contribution in [0.1, 0.15) is 32.8 Å². The molecule has 1 saturated carbocycles. The molecule has 1 aliphatic rings. The van der Waals surface area contributed by atoms with Crippen molar-refractivity contribution in [3.8, 4) is 0 Å². The van der Waals surface area contributed by atoms with E-state index in [4.69, 9.17) is 15.6 Å². The minimum absolute atomic E-state index is 0. The number of hydrogen-bond donors (Lipinski definition) is 3. The van der Waals surface area contributed by atoms with Gasteiger partial charge in [-0.1, -0.05) is 26.0 Å². The standard InChI is InChI=1S/C17H27N3O4S.ClH/c1-4-24-14-11-17(18,16(14,2)3)15(21)20-10-9-12-5-7-13(8-6-12)25(19,22)23;/h5-8,14H,4,9-11,18H2,1-3H3,(H,20,21)(H2,19,22,23);1H. The van der Waals surface area contributed by atoms with Crippen LogP contribution in [0.2, 0.25) is 0 Å². The number of amides is 1. The Balaban J connectivity index is 0.00000338. The Bertz CT molecular complexity index is 737. The summed E-state index contributed by atoms with van der Waals surface area (Å²) in [5.41, 5.74) is 5.85. The Hall–Kier alpha value is -1.19. The first kappa shape index (κ1) is 22.9. The smallest absolute Gasteiger partial charge is 0.240 e. The topological polar surface area (TPSA) is 125 Å². The van der Waals surface area contributed by atoms with Crippen molar-refractivity contribution in [1.82, 2.24) is 5.32 Å². The van der Waals surface area contributed by atoms with Crippen LogP contribution >= 0.6 is 12.4 Å². The summed E-state index contributed by atoms with van der Waals surface area (Å²) in [7, 11) is -3.69. The summed E-state index contributed by atoms with van der Waals surface area (Å²) in [6.07, 6.45) is 1.06. The highest BCUT2D eigenvalue weighted by Gasteiger charge is 2.62. The van der Waals surface area contributed by atoms with Crippen LogP contribution in [-0.4, -0.2) is 39.1 Å². The fourth-order valence-electron chi connectivity index (χ4n) is 3.14. The zero-order chi connectivity index (χ0) is 18.9. The molecule has 0 heterocycles. The highest BCUT2D eigenvalue weighted by molar-refractivity contribution is 7.89. The lowest BCUT2D eigenvalue weighted by Gasteiger charge is -2.57. The van der Waals surface area contributed by atoms with Crippen molar-refractivity contribution < 1.29 is 17.9 Å². The van der Waals surface area contributed by atoms with E-state index in [-0.39, 0.29) is 29.3 Å². The molecule has 148 valence electrons. The lowest BCUT2D eigenvalue weighted by molar-refractivity contribution is -0.170. The van der Waals surface area contributed by atoms with Crippen molar-refractivity contribution in [2.75, 3.05) is 13.2 Å². The predicted octanol–water partition coefficient (Wildman–Crippen LogP) is 0.947. The van der Waals surface area contributed by atoms with E-state index in [0.717, 1.165) is 5.56 Å². The van der Waals surface area contributed by atoms with Gasteiger partial charge in [0.15, 0.2) is 0 Å². The molecule has 1 aromatic rings. The van der Waals surface area contributed by atoms with Crippen LogP contribution in [0.25, 0.3) is 0 Å².